The summed E-state index contributed by atoms with van der Waals surface area (Å²) in [6, 6.07) is 12.1. The van der Waals surface area contributed by atoms with E-state index < -0.39 is 17.2 Å². The molecule has 1 heterocycles. The molecule has 0 saturated carbocycles. The van der Waals surface area contributed by atoms with Gasteiger partial charge in [-0.25, -0.2) is 0 Å². The van der Waals surface area contributed by atoms with E-state index in [0.717, 1.165) is 11.1 Å². The van der Waals surface area contributed by atoms with Crippen molar-refractivity contribution in [2.24, 2.45) is 0 Å². The predicted octanol–water partition coefficient (Wildman–Crippen LogP) is 2.77. The molecule has 1 aromatic heterocycles. The maximum absolute atomic E-state index is 12.0. The average molecular weight is 356 g/mol. The van der Waals surface area contributed by atoms with Gasteiger partial charge in [0.05, 0.1) is 12.3 Å². The monoisotopic (exact) mass is 356 g/mol. The van der Waals surface area contributed by atoms with Crippen molar-refractivity contribution in [1.82, 2.24) is 9.88 Å². The highest BCUT2D eigenvalue weighted by atomic mass is 32.2. The number of carbonyl (C=O) groups is 1. The highest BCUT2D eigenvalue weighted by Crippen LogP contribution is 2.29. The van der Waals surface area contributed by atoms with E-state index in [0.29, 0.717) is 6.54 Å². The SMILES string of the molecule is O=C(CSC(F)(F)F)NCc1ccc(Cn2ccccc2=O)cc1. The number of rotatable bonds is 6. The smallest absolute Gasteiger partial charge is 0.351 e. The number of aromatic nitrogens is 1. The first-order valence-corrected chi connectivity index (χ1v) is 8.03. The van der Waals surface area contributed by atoms with Crippen molar-refractivity contribution in [3.05, 3.63) is 70.1 Å². The summed E-state index contributed by atoms with van der Waals surface area (Å²) in [5.41, 5.74) is -2.83. The molecule has 1 amide bonds. The molecule has 0 bridgehead atoms. The van der Waals surface area contributed by atoms with Crippen LogP contribution in [0, 0.1) is 0 Å². The zero-order chi connectivity index (χ0) is 17.6. The molecule has 0 spiro atoms. The Morgan fingerprint density at radius 3 is 2.38 bits per heavy atom. The van der Waals surface area contributed by atoms with Gasteiger partial charge < -0.3 is 9.88 Å². The van der Waals surface area contributed by atoms with Crippen LogP contribution < -0.4 is 10.9 Å². The molecule has 8 heteroatoms. The van der Waals surface area contributed by atoms with Gasteiger partial charge in [0.1, 0.15) is 0 Å². The Balaban J connectivity index is 1.85. The molecule has 24 heavy (non-hydrogen) atoms. The largest absolute Gasteiger partial charge is 0.442 e. The van der Waals surface area contributed by atoms with Crippen LogP contribution in [0.25, 0.3) is 0 Å². The second-order valence-electron chi connectivity index (χ2n) is 4.99. The lowest BCUT2D eigenvalue weighted by Crippen LogP contribution is -2.26. The fourth-order valence-electron chi connectivity index (χ4n) is 1.95. The third kappa shape index (κ3) is 6.11. The van der Waals surface area contributed by atoms with E-state index in [1.54, 1.807) is 35.0 Å². The molecule has 4 nitrogen and oxygen atoms in total. The summed E-state index contributed by atoms with van der Waals surface area (Å²) in [6.45, 7) is 0.581. The van der Waals surface area contributed by atoms with Gasteiger partial charge in [0.2, 0.25) is 5.91 Å². The number of nitrogens with zero attached hydrogens (tertiary/aromatic N) is 1. The number of nitrogens with one attached hydrogen (secondary N) is 1. The number of hydrogen-bond acceptors (Lipinski definition) is 3. The summed E-state index contributed by atoms with van der Waals surface area (Å²) in [7, 11) is 0. The summed E-state index contributed by atoms with van der Waals surface area (Å²) >= 11 is -0.363. The van der Waals surface area contributed by atoms with Gasteiger partial charge in [-0.05, 0) is 29.0 Å². The van der Waals surface area contributed by atoms with E-state index >= 15 is 0 Å². The molecular formula is C16H15F3N2O2S. The van der Waals surface area contributed by atoms with Crippen LogP contribution in [0.5, 0.6) is 0 Å². The van der Waals surface area contributed by atoms with Crippen molar-refractivity contribution in [3.63, 3.8) is 0 Å². The predicted molar refractivity (Wildman–Crippen MR) is 86.6 cm³/mol. The van der Waals surface area contributed by atoms with Crippen LogP contribution in [-0.4, -0.2) is 21.7 Å². The van der Waals surface area contributed by atoms with Crippen molar-refractivity contribution < 1.29 is 18.0 Å². The number of thioether (sulfide) groups is 1. The van der Waals surface area contributed by atoms with Crippen molar-refractivity contribution in [2.75, 3.05) is 5.75 Å². The lowest BCUT2D eigenvalue weighted by atomic mass is 10.1. The quantitative estimate of drug-likeness (QED) is 0.866. The summed E-state index contributed by atoms with van der Waals surface area (Å²) < 4.78 is 37.5. The second kappa shape index (κ2) is 8.05. The highest BCUT2D eigenvalue weighted by molar-refractivity contribution is 8.00. The molecule has 0 fully saturated rings. The Kier molecular flexibility index (Phi) is 6.08. The number of alkyl halides is 3. The normalized spacial score (nSPS) is 11.3. The van der Waals surface area contributed by atoms with E-state index in [-0.39, 0.29) is 23.9 Å². The van der Waals surface area contributed by atoms with Gasteiger partial charge in [-0.15, -0.1) is 0 Å². The zero-order valence-corrected chi connectivity index (χ0v) is 13.4. The fourth-order valence-corrected chi connectivity index (χ4v) is 2.35. The van der Waals surface area contributed by atoms with Crippen LogP contribution in [0.2, 0.25) is 0 Å². The van der Waals surface area contributed by atoms with Gasteiger partial charge in [-0.1, -0.05) is 30.3 Å². The second-order valence-corrected chi connectivity index (χ2v) is 6.03. The molecule has 128 valence electrons. The van der Waals surface area contributed by atoms with E-state index in [1.807, 2.05) is 12.1 Å². The van der Waals surface area contributed by atoms with Crippen molar-refractivity contribution in [3.8, 4) is 0 Å². The lowest BCUT2D eigenvalue weighted by Gasteiger charge is -2.08. The van der Waals surface area contributed by atoms with Crippen LogP contribution in [0.4, 0.5) is 13.2 Å². The van der Waals surface area contributed by atoms with E-state index in [2.05, 4.69) is 5.32 Å². The Labute approximate surface area is 140 Å². The Bertz CT molecular complexity index is 742. The molecular weight excluding hydrogens is 341 g/mol. The number of halogens is 3. The molecule has 0 aliphatic heterocycles. The van der Waals surface area contributed by atoms with E-state index in [1.165, 1.54) is 6.07 Å². The minimum atomic E-state index is -4.41. The Morgan fingerprint density at radius 1 is 1.08 bits per heavy atom. The van der Waals surface area contributed by atoms with Gasteiger partial charge in [0.25, 0.3) is 5.56 Å². The minimum absolute atomic E-state index is 0.101. The topological polar surface area (TPSA) is 51.1 Å². The van der Waals surface area contributed by atoms with E-state index in [4.69, 9.17) is 0 Å². The van der Waals surface area contributed by atoms with Crippen LogP contribution in [0.15, 0.2) is 53.5 Å². The third-order valence-corrected chi connectivity index (χ3v) is 3.87. The maximum Gasteiger partial charge on any atom is 0.442 e. The maximum atomic E-state index is 12.0. The highest BCUT2D eigenvalue weighted by Gasteiger charge is 2.29. The van der Waals surface area contributed by atoms with Crippen LogP contribution >= 0.6 is 11.8 Å². The Hall–Kier alpha value is -2.22. The van der Waals surface area contributed by atoms with Gasteiger partial charge in [-0.2, -0.15) is 13.2 Å². The van der Waals surface area contributed by atoms with Crippen LogP contribution in [-0.2, 0) is 17.9 Å². The van der Waals surface area contributed by atoms with Gasteiger partial charge >= 0.3 is 5.51 Å². The van der Waals surface area contributed by atoms with Crippen LogP contribution in [0.3, 0.4) is 0 Å². The van der Waals surface area contributed by atoms with Gasteiger partial charge in [-0.3, -0.25) is 9.59 Å². The van der Waals surface area contributed by atoms with Crippen molar-refractivity contribution in [2.45, 2.75) is 18.6 Å². The van der Waals surface area contributed by atoms with Crippen molar-refractivity contribution >= 4 is 17.7 Å². The molecule has 0 aliphatic carbocycles. The summed E-state index contributed by atoms with van der Waals surface area (Å²) in [6.07, 6.45) is 1.69. The number of hydrogen-bond donors (Lipinski definition) is 1. The molecule has 0 atom stereocenters. The molecule has 1 aromatic carbocycles. The summed E-state index contributed by atoms with van der Waals surface area (Å²) in [5, 5.41) is 2.43. The first-order chi connectivity index (χ1) is 11.3. The minimum Gasteiger partial charge on any atom is -0.351 e. The molecule has 0 aliphatic rings. The van der Waals surface area contributed by atoms with Gasteiger partial charge in [0.15, 0.2) is 0 Å². The third-order valence-electron chi connectivity index (χ3n) is 3.13. The first-order valence-electron chi connectivity index (χ1n) is 7.04. The number of amides is 1. The molecule has 0 radical (unpaired) electrons. The van der Waals surface area contributed by atoms with Crippen molar-refractivity contribution in [1.29, 1.82) is 0 Å². The number of benzene rings is 1. The lowest BCUT2D eigenvalue weighted by molar-refractivity contribution is -0.119. The summed E-state index contributed by atoms with van der Waals surface area (Å²) in [4.78, 5) is 23.0. The van der Waals surface area contributed by atoms with E-state index in [9.17, 15) is 22.8 Å². The number of pyridine rings is 1. The van der Waals surface area contributed by atoms with Gasteiger partial charge in [0, 0.05) is 18.8 Å². The van der Waals surface area contributed by atoms with Crippen LogP contribution in [0.1, 0.15) is 11.1 Å². The standard InChI is InChI=1S/C16H15F3N2O2S/c17-16(18,19)24-11-14(22)20-9-12-4-6-13(7-5-12)10-21-8-2-1-3-15(21)23/h1-8H,9-11H2,(H,20,22). The Morgan fingerprint density at radius 2 is 1.75 bits per heavy atom. The summed E-state index contributed by atoms with van der Waals surface area (Å²) in [5.74, 6) is -1.32. The molecule has 2 aromatic rings. The molecule has 0 saturated heterocycles. The zero-order valence-electron chi connectivity index (χ0n) is 12.5. The molecule has 0 unspecified atom stereocenters. The first kappa shape index (κ1) is 18.1. The fraction of sp³-hybridized carbons (Fsp3) is 0.250. The number of carbonyl (C=O) groups excluding carboxylic acids is 1. The molecule has 2 rings (SSSR count). The average Bonchev–Trinajstić information content (AvgIpc) is 2.54. The molecule has 1 N–H and O–H groups in total.